The second kappa shape index (κ2) is 4.31. The zero-order valence-electron chi connectivity index (χ0n) is 6.76. The highest BCUT2D eigenvalue weighted by Crippen LogP contribution is 2.23. The Morgan fingerprint density at radius 3 is 2.42 bits per heavy atom. The summed E-state index contributed by atoms with van der Waals surface area (Å²) in [5.41, 5.74) is -0.971. The lowest BCUT2D eigenvalue weighted by molar-refractivity contribution is 0.340. The van der Waals surface area contributed by atoms with Crippen molar-refractivity contribution in [2.45, 2.75) is 12.6 Å². The van der Waals surface area contributed by atoms with E-state index in [9.17, 15) is 4.39 Å². The third-order valence-electron chi connectivity index (χ3n) is 1.44. The third kappa shape index (κ3) is 2.38. The molecular formula is C9H10ClFO. The largest absolute Gasteiger partial charge is 0.494 e. The predicted molar refractivity (Wildman–Crippen MR) is 47.3 cm³/mol. The standard InChI is InChI=1S/C9H10ClFO/c1-2-12-8-5-3-7(4-6-8)9(10)11/h3-6,9H,2H2,1H3. The number of alkyl halides is 2. The number of hydrogen-bond donors (Lipinski definition) is 0. The van der Waals surface area contributed by atoms with E-state index in [0.29, 0.717) is 12.2 Å². The molecule has 0 N–H and O–H groups in total. The summed E-state index contributed by atoms with van der Waals surface area (Å²) in [7, 11) is 0. The summed E-state index contributed by atoms with van der Waals surface area (Å²) >= 11 is 5.23. The van der Waals surface area contributed by atoms with E-state index in [1.807, 2.05) is 6.92 Å². The first-order valence-electron chi connectivity index (χ1n) is 3.75. The topological polar surface area (TPSA) is 9.23 Å². The van der Waals surface area contributed by atoms with Gasteiger partial charge in [0.15, 0.2) is 5.63 Å². The number of ether oxygens (including phenoxy) is 1. The minimum Gasteiger partial charge on any atom is -0.494 e. The Labute approximate surface area is 76.1 Å². The van der Waals surface area contributed by atoms with E-state index in [1.54, 1.807) is 24.3 Å². The average molecular weight is 189 g/mol. The molecule has 1 unspecified atom stereocenters. The molecule has 3 heteroatoms. The van der Waals surface area contributed by atoms with Crippen molar-refractivity contribution < 1.29 is 9.13 Å². The van der Waals surface area contributed by atoms with E-state index >= 15 is 0 Å². The van der Waals surface area contributed by atoms with Crippen molar-refractivity contribution in [3.8, 4) is 5.75 Å². The average Bonchev–Trinajstić information content (AvgIpc) is 2.06. The van der Waals surface area contributed by atoms with Gasteiger partial charge in [-0.3, -0.25) is 0 Å². The molecule has 66 valence electrons. The van der Waals surface area contributed by atoms with Gasteiger partial charge >= 0.3 is 0 Å². The number of halogens is 2. The minimum atomic E-state index is -1.43. The summed E-state index contributed by atoms with van der Waals surface area (Å²) in [5.74, 6) is 0.735. The lowest BCUT2D eigenvalue weighted by Crippen LogP contribution is -1.91. The summed E-state index contributed by atoms with van der Waals surface area (Å²) in [5, 5.41) is 0. The quantitative estimate of drug-likeness (QED) is 0.662. The van der Waals surface area contributed by atoms with Crippen LogP contribution in [0.3, 0.4) is 0 Å². The van der Waals surface area contributed by atoms with Gasteiger partial charge in [0.25, 0.3) is 0 Å². The molecule has 12 heavy (non-hydrogen) atoms. The number of benzene rings is 1. The van der Waals surface area contributed by atoms with Crippen molar-refractivity contribution in [1.29, 1.82) is 0 Å². The molecule has 0 fully saturated rings. The number of rotatable bonds is 3. The second-order valence-electron chi connectivity index (χ2n) is 2.30. The van der Waals surface area contributed by atoms with Crippen LogP contribution >= 0.6 is 11.6 Å². The zero-order valence-corrected chi connectivity index (χ0v) is 7.51. The summed E-state index contributed by atoms with van der Waals surface area (Å²) in [6.07, 6.45) is 0. The lowest BCUT2D eigenvalue weighted by Gasteiger charge is -2.03. The third-order valence-corrected chi connectivity index (χ3v) is 1.70. The molecule has 0 spiro atoms. The molecule has 0 aliphatic rings. The Balaban J connectivity index is 2.71. The van der Waals surface area contributed by atoms with E-state index in [-0.39, 0.29) is 0 Å². The summed E-state index contributed by atoms with van der Waals surface area (Å²) in [6, 6.07) is 6.63. The highest BCUT2D eigenvalue weighted by Gasteiger charge is 2.03. The van der Waals surface area contributed by atoms with Crippen LogP contribution in [0.1, 0.15) is 18.1 Å². The molecular weight excluding hydrogens is 179 g/mol. The maximum Gasteiger partial charge on any atom is 0.198 e. The summed E-state index contributed by atoms with van der Waals surface area (Å²) in [6.45, 7) is 2.51. The number of hydrogen-bond acceptors (Lipinski definition) is 1. The van der Waals surface area contributed by atoms with Crippen LogP contribution in [0.25, 0.3) is 0 Å². The first kappa shape index (κ1) is 9.33. The van der Waals surface area contributed by atoms with Gasteiger partial charge in [-0.05, 0) is 19.1 Å². The Kier molecular flexibility index (Phi) is 3.35. The van der Waals surface area contributed by atoms with E-state index in [1.165, 1.54) is 0 Å². The molecule has 1 rings (SSSR count). The van der Waals surface area contributed by atoms with Crippen molar-refractivity contribution in [3.63, 3.8) is 0 Å². The van der Waals surface area contributed by atoms with Gasteiger partial charge in [-0.2, -0.15) is 0 Å². The van der Waals surface area contributed by atoms with E-state index in [2.05, 4.69) is 0 Å². The van der Waals surface area contributed by atoms with Gasteiger partial charge in [-0.15, -0.1) is 0 Å². The lowest BCUT2D eigenvalue weighted by atomic mass is 10.2. The molecule has 1 aromatic carbocycles. The Hall–Kier alpha value is -0.760. The maximum atomic E-state index is 12.5. The monoisotopic (exact) mass is 188 g/mol. The summed E-state index contributed by atoms with van der Waals surface area (Å²) < 4.78 is 17.7. The van der Waals surface area contributed by atoms with E-state index in [0.717, 1.165) is 5.75 Å². The SMILES string of the molecule is CCOc1ccc(C(F)Cl)cc1. The van der Waals surface area contributed by atoms with Gasteiger partial charge in [0.05, 0.1) is 6.61 Å². The van der Waals surface area contributed by atoms with Crippen molar-refractivity contribution in [2.75, 3.05) is 6.61 Å². The predicted octanol–water partition coefficient (Wildman–Crippen LogP) is 3.29. The minimum absolute atomic E-state index is 0.458. The van der Waals surface area contributed by atoms with Gasteiger partial charge in [-0.25, -0.2) is 4.39 Å². The molecule has 0 amide bonds. The van der Waals surface area contributed by atoms with Gasteiger partial charge in [0, 0.05) is 5.56 Å². The van der Waals surface area contributed by atoms with Crippen LogP contribution in [-0.2, 0) is 0 Å². The molecule has 0 aliphatic heterocycles. The fourth-order valence-corrected chi connectivity index (χ4v) is 1.02. The van der Waals surface area contributed by atoms with Gasteiger partial charge in [0.1, 0.15) is 5.75 Å². The Bertz CT molecular complexity index is 233. The van der Waals surface area contributed by atoms with E-state index in [4.69, 9.17) is 16.3 Å². The molecule has 0 radical (unpaired) electrons. The highest BCUT2D eigenvalue weighted by atomic mass is 35.5. The van der Waals surface area contributed by atoms with Crippen LogP contribution < -0.4 is 4.74 Å². The fraction of sp³-hybridized carbons (Fsp3) is 0.333. The molecule has 1 nitrogen and oxygen atoms in total. The smallest absolute Gasteiger partial charge is 0.198 e. The molecule has 0 aromatic heterocycles. The second-order valence-corrected chi connectivity index (χ2v) is 2.69. The first-order chi connectivity index (χ1) is 5.74. The van der Waals surface area contributed by atoms with Crippen LogP contribution in [0.2, 0.25) is 0 Å². The molecule has 0 heterocycles. The molecule has 0 aliphatic carbocycles. The maximum absolute atomic E-state index is 12.5. The van der Waals surface area contributed by atoms with E-state index < -0.39 is 5.63 Å². The fourth-order valence-electron chi connectivity index (χ4n) is 0.876. The van der Waals surface area contributed by atoms with Gasteiger partial charge in [0.2, 0.25) is 0 Å². The molecule has 0 bridgehead atoms. The van der Waals surface area contributed by atoms with Gasteiger partial charge in [-0.1, -0.05) is 23.7 Å². The Morgan fingerprint density at radius 1 is 1.42 bits per heavy atom. The van der Waals surface area contributed by atoms with Crippen LogP contribution in [0.4, 0.5) is 4.39 Å². The van der Waals surface area contributed by atoms with Crippen molar-refractivity contribution >= 4 is 11.6 Å². The molecule has 1 aromatic rings. The van der Waals surface area contributed by atoms with Crippen molar-refractivity contribution in [2.24, 2.45) is 0 Å². The van der Waals surface area contributed by atoms with Crippen LogP contribution in [-0.4, -0.2) is 6.61 Å². The summed E-state index contributed by atoms with van der Waals surface area (Å²) in [4.78, 5) is 0. The van der Waals surface area contributed by atoms with Crippen molar-refractivity contribution in [1.82, 2.24) is 0 Å². The van der Waals surface area contributed by atoms with Crippen molar-refractivity contribution in [3.05, 3.63) is 29.8 Å². The van der Waals surface area contributed by atoms with Crippen LogP contribution in [0.5, 0.6) is 5.75 Å². The highest BCUT2D eigenvalue weighted by molar-refractivity contribution is 6.19. The van der Waals surface area contributed by atoms with Gasteiger partial charge < -0.3 is 4.74 Å². The molecule has 1 atom stereocenters. The normalized spacial score (nSPS) is 12.6. The zero-order chi connectivity index (χ0) is 8.97. The molecule has 0 saturated heterocycles. The van der Waals surface area contributed by atoms with Crippen LogP contribution in [0.15, 0.2) is 24.3 Å². The first-order valence-corrected chi connectivity index (χ1v) is 4.18. The van der Waals surface area contributed by atoms with Crippen LogP contribution in [0, 0.1) is 0 Å². The molecule has 0 saturated carbocycles. The Morgan fingerprint density at radius 2 is 2.00 bits per heavy atom.